The van der Waals surface area contributed by atoms with E-state index in [9.17, 15) is 9.59 Å². The number of carbonyl (C=O) groups excluding carboxylic acids is 2. The molecule has 2 aliphatic heterocycles. The highest BCUT2D eigenvalue weighted by molar-refractivity contribution is 6.03. The topological polar surface area (TPSA) is 43.9 Å². The molecular formula is C22H25N3O2. The highest BCUT2D eigenvalue weighted by atomic mass is 16.2. The van der Waals surface area contributed by atoms with Crippen LogP contribution in [0.2, 0.25) is 0 Å². The lowest BCUT2D eigenvalue weighted by molar-refractivity contribution is -0.134. The van der Waals surface area contributed by atoms with Gasteiger partial charge in [-0.25, -0.2) is 0 Å². The number of rotatable bonds is 4. The van der Waals surface area contributed by atoms with E-state index in [0.29, 0.717) is 12.8 Å². The van der Waals surface area contributed by atoms with Crippen LogP contribution in [-0.4, -0.2) is 53.8 Å². The molecule has 5 heteroatoms. The lowest BCUT2D eigenvalue weighted by Crippen LogP contribution is -2.54. The standard InChI is InChI=1S/C22H25N3O2/c26-21-12-11-20(25(21)19-9-5-2-6-10-19)22(27)24-15-13-23(14-16-24)17-18-7-3-1-4-8-18/h1-10,20H,11-17H2. The van der Waals surface area contributed by atoms with Gasteiger partial charge in [-0.15, -0.1) is 0 Å². The maximum absolute atomic E-state index is 13.1. The fraction of sp³-hybridized carbons (Fsp3) is 0.364. The zero-order valence-corrected chi connectivity index (χ0v) is 15.5. The van der Waals surface area contributed by atoms with Crippen LogP contribution >= 0.6 is 0 Å². The fourth-order valence-corrected chi connectivity index (χ4v) is 4.01. The van der Waals surface area contributed by atoms with Crippen LogP contribution in [0.3, 0.4) is 0 Å². The lowest BCUT2D eigenvalue weighted by Gasteiger charge is -2.37. The Morgan fingerprint density at radius 1 is 0.889 bits per heavy atom. The number of hydrogen-bond donors (Lipinski definition) is 0. The van der Waals surface area contributed by atoms with Crippen LogP contribution in [-0.2, 0) is 16.1 Å². The van der Waals surface area contributed by atoms with E-state index in [-0.39, 0.29) is 17.9 Å². The average molecular weight is 363 g/mol. The molecule has 2 aromatic carbocycles. The maximum atomic E-state index is 13.1. The SMILES string of the molecule is O=C(C1CCC(=O)N1c1ccccc1)N1CCN(Cc2ccccc2)CC1. The minimum Gasteiger partial charge on any atom is -0.338 e. The maximum Gasteiger partial charge on any atom is 0.245 e. The summed E-state index contributed by atoms with van der Waals surface area (Å²) in [6.45, 7) is 4.10. The first kappa shape index (κ1) is 17.7. The summed E-state index contributed by atoms with van der Waals surface area (Å²) in [5.74, 6) is 0.131. The van der Waals surface area contributed by atoms with Gasteiger partial charge in [-0.1, -0.05) is 48.5 Å². The van der Waals surface area contributed by atoms with Gasteiger partial charge in [0.1, 0.15) is 6.04 Å². The first-order chi connectivity index (χ1) is 13.2. The van der Waals surface area contributed by atoms with E-state index in [2.05, 4.69) is 29.2 Å². The van der Waals surface area contributed by atoms with Crippen LogP contribution in [0.25, 0.3) is 0 Å². The number of anilines is 1. The van der Waals surface area contributed by atoms with Crippen LogP contribution in [0, 0.1) is 0 Å². The van der Waals surface area contributed by atoms with E-state index in [1.54, 1.807) is 4.90 Å². The van der Waals surface area contributed by atoms with Gasteiger partial charge in [0, 0.05) is 44.8 Å². The number of para-hydroxylation sites is 1. The number of nitrogens with zero attached hydrogens (tertiary/aromatic N) is 3. The van der Waals surface area contributed by atoms with Gasteiger partial charge < -0.3 is 4.90 Å². The number of hydrogen-bond acceptors (Lipinski definition) is 3. The van der Waals surface area contributed by atoms with Crippen molar-refractivity contribution in [3.63, 3.8) is 0 Å². The second-order valence-electron chi connectivity index (χ2n) is 7.24. The summed E-state index contributed by atoms with van der Waals surface area (Å²) in [5.41, 5.74) is 2.12. The molecule has 2 heterocycles. The Morgan fingerprint density at radius 3 is 2.19 bits per heavy atom. The molecule has 0 saturated carbocycles. The smallest absolute Gasteiger partial charge is 0.245 e. The van der Waals surface area contributed by atoms with Crippen molar-refractivity contribution in [2.24, 2.45) is 0 Å². The Hall–Kier alpha value is -2.66. The summed E-state index contributed by atoms with van der Waals surface area (Å²) in [6.07, 6.45) is 1.05. The monoisotopic (exact) mass is 363 g/mol. The molecule has 1 atom stereocenters. The van der Waals surface area contributed by atoms with Gasteiger partial charge in [-0.2, -0.15) is 0 Å². The van der Waals surface area contributed by atoms with E-state index in [0.717, 1.165) is 38.4 Å². The summed E-state index contributed by atoms with van der Waals surface area (Å²) in [4.78, 5) is 31.5. The van der Waals surface area contributed by atoms with Gasteiger partial charge in [-0.3, -0.25) is 19.4 Å². The normalized spacial score (nSPS) is 20.9. The number of benzene rings is 2. The molecule has 2 aliphatic rings. The molecule has 4 rings (SSSR count). The zero-order chi connectivity index (χ0) is 18.6. The summed E-state index contributed by atoms with van der Waals surface area (Å²) < 4.78 is 0. The van der Waals surface area contributed by atoms with Crippen molar-refractivity contribution in [3.05, 3.63) is 66.2 Å². The Balaban J connectivity index is 1.38. The van der Waals surface area contributed by atoms with Crippen molar-refractivity contribution < 1.29 is 9.59 Å². The molecule has 5 nitrogen and oxygen atoms in total. The molecule has 2 amide bonds. The molecule has 0 N–H and O–H groups in total. The second-order valence-corrected chi connectivity index (χ2v) is 7.24. The molecule has 2 saturated heterocycles. The summed E-state index contributed by atoms with van der Waals surface area (Å²) >= 11 is 0. The van der Waals surface area contributed by atoms with Gasteiger partial charge in [0.25, 0.3) is 0 Å². The van der Waals surface area contributed by atoms with Crippen molar-refractivity contribution in [2.45, 2.75) is 25.4 Å². The quantitative estimate of drug-likeness (QED) is 0.838. The van der Waals surface area contributed by atoms with Crippen LogP contribution < -0.4 is 4.90 Å². The molecule has 0 bridgehead atoms. The van der Waals surface area contributed by atoms with E-state index >= 15 is 0 Å². The van der Waals surface area contributed by atoms with Crippen molar-refractivity contribution >= 4 is 17.5 Å². The van der Waals surface area contributed by atoms with E-state index in [1.807, 2.05) is 41.3 Å². The van der Waals surface area contributed by atoms with Crippen molar-refractivity contribution in [1.82, 2.24) is 9.80 Å². The molecular weight excluding hydrogens is 338 g/mol. The minimum absolute atomic E-state index is 0.0438. The molecule has 2 aromatic rings. The highest BCUT2D eigenvalue weighted by Gasteiger charge is 2.39. The van der Waals surface area contributed by atoms with E-state index in [1.165, 1.54) is 5.56 Å². The first-order valence-corrected chi connectivity index (χ1v) is 9.64. The number of carbonyl (C=O) groups is 2. The Morgan fingerprint density at radius 2 is 1.52 bits per heavy atom. The van der Waals surface area contributed by atoms with Crippen molar-refractivity contribution in [2.75, 3.05) is 31.1 Å². The van der Waals surface area contributed by atoms with Gasteiger partial charge >= 0.3 is 0 Å². The molecule has 0 spiro atoms. The fourth-order valence-electron chi connectivity index (χ4n) is 4.01. The molecule has 2 fully saturated rings. The predicted octanol–water partition coefficient (Wildman–Crippen LogP) is 2.53. The van der Waals surface area contributed by atoms with Crippen molar-refractivity contribution in [3.8, 4) is 0 Å². The van der Waals surface area contributed by atoms with Gasteiger partial charge in [-0.05, 0) is 24.1 Å². The molecule has 0 aliphatic carbocycles. The third kappa shape index (κ3) is 3.88. The number of amides is 2. The predicted molar refractivity (Wildman–Crippen MR) is 105 cm³/mol. The van der Waals surface area contributed by atoms with Crippen LogP contribution in [0.15, 0.2) is 60.7 Å². The molecule has 27 heavy (non-hydrogen) atoms. The van der Waals surface area contributed by atoms with Crippen LogP contribution in [0.1, 0.15) is 18.4 Å². The number of piperazine rings is 1. The Bertz CT molecular complexity index is 786. The van der Waals surface area contributed by atoms with Gasteiger partial charge in [0.05, 0.1) is 0 Å². The Kier molecular flexibility index (Phi) is 5.21. The van der Waals surface area contributed by atoms with Crippen molar-refractivity contribution in [1.29, 1.82) is 0 Å². The third-order valence-electron chi connectivity index (χ3n) is 5.46. The van der Waals surface area contributed by atoms with Crippen LogP contribution in [0.5, 0.6) is 0 Å². The molecule has 1 unspecified atom stereocenters. The summed E-state index contributed by atoms with van der Waals surface area (Å²) in [7, 11) is 0. The van der Waals surface area contributed by atoms with Gasteiger partial charge in [0.2, 0.25) is 11.8 Å². The summed E-state index contributed by atoms with van der Waals surface area (Å²) in [5, 5.41) is 0. The summed E-state index contributed by atoms with van der Waals surface area (Å²) in [6, 6.07) is 19.6. The Labute approximate surface area is 160 Å². The van der Waals surface area contributed by atoms with E-state index < -0.39 is 0 Å². The van der Waals surface area contributed by atoms with Gasteiger partial charge in [0.15, 0.2) is 0 Å². The average Bonchev–Trinajstić information content (AvgIpc) is 3.11. The minimum atomic E-state index is -0.361. The zero-order valence-electron chi connectivity index (χ0n) is 15.5. The largest absolute Gasteiger partial charge is 0.338 e. The van der Waals surface area contributed by atoms with E-state index in [4.69, 9.17) is 0 Å². The first-order valence-electron chi connectivity index (χ1n) is 9.64. The second kappa shape index (κ2) is 7.92. The molecule has 0 aromatic heterocycles. The lowest BCUT2D eigenvalue weighted by atomic mass is 10.1. The third-order valence-corrected chi connectivity index (χ3v) is 5.46. The molecule has 140 valence electrons. The highest BCUT2D eigenvalue weighted by Crippen LogP contribution is 2.28. The van der Waals surface area contributed by atoms with Crippen LogP contribution in [0.4, 0.5) is 5.69 Å². The molecule has 0 radical (unpaired) electrons.